The number of likely N-dealkylation sites (tertiary alicyclic amines) is 1. The molecule has 2 aliphatic rings. The number of aromatic nitrogens is 2. The lowest BCUT2D eigenvalue weighted by Gasteiger charge is -2.46. The number of anilines is 2. The summed E-state index contributed by atoms with van der Waals surface area (Å²) >= 11 is 0. The summed E-state index contributed by atoms with van der Waals surface area (Å²) in [6.07, 6.45) is 5.41. The number of piperidine rings is 1. The van der Waals surface area contributed by atoms with Crippen molar-refractivity contribution in [1.82, 2.24) is 19.0 Å². The van der Waals surface area contributed by atoms with Crippen LogP contribution in [-0.4, -0.2) is 66.2 Å². The minimum atomic E-state index is -3.50. The van der Waals surface area contributed by atoms with Gasteiger partial charge in [-0.05, 0) is 56.0 Å². The van der Waals surface area contributed by atoms with E-state index in [0.717, 1.165) is 48.8 Å². The van der Waals surface area contributed by atoms with Crippen LogP contribution in [-0.2, 0) is 14.8 Å². The molecule has 35 heavy (non-hydrogen) atoms. The van der Waals surface area contributed by atoms with Crippen LogP contribution >= 0.6 is 0 Å². The predicted octanol–water partition coefficient (Wildman–Crippen LogP) is 2.51. The maximum absolute atomic E-state index is 12.4. The molecule has 0 bridgehead atoms. The first-order valence-electron chi connectivity index (χ1n) is 11.9. The van der Waals surface area contributed by atoms with Crippen LogP contribution in [0.15, 0.2) is 41.4 Å². The van der Waals surface area contributed by atoms with Gasteiger partial charge in [0.1, 0.15) is 17.3 Å². The van der Waals surface area contributed by atoms with Crippen molar-refractivity contribution in [3.05, 3.63) is 42.1 Å². The molecule has 1 amide bonds. The van der Waals surface area contributed by atoms with Crippen LogP contribution in [0.3, 0.4) is 0 Å². The Morgan fingerprint density at radius 1 is 1.23 bits per heavy atom. The molecule has 3 heterocycles. The summed E-state index contributed by atoms with van der Waals surface area (Å²) in [5, 5.41) is 11.7. The summed E-state index contributed by atoms with van der Waals surface area (Å²) in [6, 6.07) is 6.69. The first kappa shape index (κ1) is 25.2. The fourth-order valence-corrected chi connectivity index (χ4v) is 5.55. The lowest BCUT2D eigenvalue weighted by atomic mass is 9.93. The Balaban J connectivity index is 1.66. The number of hydrogen-bond donors (Lipinski definition) is 3. The molecule has 1 atom stereocenters. The largest absolute Gasteiger partial charge is 0.369 e. The molecule has 0 saturated carbocycles. The van der Waals surface area contributed by atoms with Crippen LogP contribution in [0.1, 0.15) is 45.1 Å². The van der Waals surface area contributed by atoms with E-state index in [1.54, 1.807) is 24.3 Å². The van der Waals surface area contributed by atoms with Crippen LogP contribution < -0.4 is 16.4 Å². The van der Waals surface area contributed by atoms with Crippen LogP contribution in [0, 0.1) is 5.92 Å². The van der Waals surface area contributed by atoms with Crippen LogP contribution in [0.25, 0.3) is 5.82 Å². The molecule has 1 aromatic carbocycles. The highest BCUT2D eigenvalue weighted by atomic mass is 32.2. The zero-order valence-corrected chi connectivity index (χ0v) is 21.8. The second-order valence-electron chi connectivity index (χ2n) is 9.92. The Hall–Kier alpha value is -2.89. The van der Waals surface area contributed by atoms with Crippen molar-refractivity contribution in [2.75, 3.05) is 37.8 Å². The van der Waals surface area contributed by atoms with E-state index >= 15 is 0 Å². The van der Waals surface area contributed by atoms with E-state index < -0.39 is 15.7 Å². The van der Waals surface area contributed by atoms with Crippen molar-refractivity contribution in [2.45, 2.75) is 50.1 Å². The van der Waals surface area contributed by atoms with E-state index in [-0.39, 0.29) is 22.6 Å². The first-order valence-corrected chi connectivity index (χ1v) is 13.3. The highest BCUT2D eigenvalue weighted by Crippen LogP contribution is 2.37. The third kappa shape index (κ3) is 4.80. The summed E-state index contributed by atoms with van der Waals surface area (Å²) in [7, 11) is -0.474. The molecule has 0 radical (unpaired) electrons. The second-order valence-corrected chi connectivity index (χ2v) is 12.1. The molecule has 0 spiro atoms. The van der Waals surface area contributed by atoms with Gasteiger partial charge in [0.2, 0.25) is 15.9 Å². The lowest BCUT2D eigenvalue weighted by Crippen LogP contribution is -2.56. The molecule has 1 aromatic heterocycles. The number of nitrogens with two attached hydrogens (primary N) is 1. The lowest BCUT2D eigenvalue weighted by molar-refractivity contribution is -0.123. The van der Waals surface area contributed by atoms with E-state index in [2.05, 4.69) is 47.5 Å². The molecular formula is C24H35N7O3S. The van der Waals surface area contributed by atoms with Gasteiger partial charge in [0.05, 0.1) is 11.1 Å². The molecule has 4 N–H and O–H groups in total. The summed E-state index contributed by atoms with van der Waals surface area (Å²) in [5.41, 5.74) is 6.87. The first-order chi connectivity index (χ1) is 16.4. The Bertz CT molecular complexity index is 1230. The zero-order chi connectivity index (χ0) is 25.5. The topological polar surface area (TPSA) is 126 Å². The maximum Gasteiger partial charge on any atom is 0.242 e. The summed E-state index contributed by atoms with van der Waals surface area (Å²) in [5.74, 6) is 1.63. The molecule has 1 fully saturated rings. The zero-order valence-electron chi connectivity index (χ0n) is 20.9. The number of carbonyl (C=O) groups excluding carboxylic acids is 1. The van der Waals surface area contributed by atoms with Crippen molar-refractivity contribution in [1.29, 1.82) is 0 Å². The monoisotopic (exact) mass is 501 g/mol. The third-order valence-electron chi connectivity index (χ3n) is 6.90. The van der Waals surface area contributed by atoms with Crippen LogP contribution in [0.5, 0.6) is 0 Å². The molecule has 0 aliphatic carbocycles. The highest BCUT2D eigenvalue weighted by Gasteiger charge is 2.39. The quantitative estimate of drug-likeness (QED) is 0.532. The number of rotatable bonds is 7. The predicted molar refractivity (Wildman–Crippen MR) is 137 cm³/mol. The average molecular weight is 502 g/mol. The van der Waals surface area contributed by atoms with Crippen LogP contribution in [0.2, 0.25) is 0 Å². The number of carbonyl (C=O) groups is 1. The molecule has 2 aliphatic heterocycles. The Kier molecular flexibility index (Phi) is 6.69. The van der Waals surface area contributed by atoms with Gasteiger partial charge in [-0.25, -0.2) is 17.4 Å². The summed E-state index contributed by atoms with van der Waals surface area (Å²) < 4.78 is 27.9. The molecule has 1 saturated heterocycles. The SMILES string of the molecule is CC(C)c1cnn2c1NC(C)(N1CCC(C(N)=O)CC1)C=C2Nc1ccc(S(=O)(=O)N(C)C)cc1. The highest BCUT2D eigenvalue weighted by molar-refractivity contribution is 7.89. The summed E-state index contributed by atoms with van der Waals surface area (Å²) in [6.45, 7) is 7.86. The normalized spacial score (nSPS) is 21.5. The number of hydrogen-bond acceptors (Lipinski definition) is 7. The molecular weight excluding hydrogens is 466 g/mol. The van der Waals surface area contributed by atoms with Gasteiger partial charge in [0.15, 0.2) is 0 Å². The number of nitrogens with one attached hydrogen (secondary N) is 2. The van der Waals surface area contributed by atoms with Gasteiger partial charge in [0.25, 0.3) is 0 Å². The molecule has 1 unspecified atom stereocenters. The van der Waals surface area contributed by atoms with Crippen molar-refractivity contribution in [2.24, 2.45) is 11.7 Å². The van der Waals surface area contributed by atoms with E-state index in [1.807, 2.05) is 10.9 Å². The molecule has 11 heteroatoms. The van der Waals surface area contributed by atoms with Gasteiger partial charge in [0, 0.05) is 44.4 Å². The van der Waals surface area contributed by atoms with E-state index in [1.165, 1.54) is 18.4 Å². The van der Waals surface area contributed by atoms with Gasteiger partial charge >= 0.3 is 0 Å². The van der Waals surface area contributed by atoms with E-state index in [4.69, 9.17) is 5.73 Å². The second kappa shape index (κ2) is 9.29. The minimum Gasteiger partial charge on any atom is -0.369 e. The minimum absolute atomic E-state index is 0.0891. The van der Waals surface area contributed by atoms with Crippen molar-refractivity contribution >= 4 is 33.3 Å². The number of fused-ring (bicyclic) bond motifs is 1. The smallest absolute Gasteiger partial charge is 0.242 e. The van der Waals surface area contributed by atoms with Crippen molar-refractivity contribution in [3.8, 4) is 0 Å². The van der Waals surface area contributed by atoms with E-state index in [0.29, 0.717) is 0 Å². The van der Waals surface area contributed by atoms with Gasteiger partial charge in [-0.2, -0.15) is 5.10 Å². The maximum atomic E-state index is 12.4. The van der Waals surface area contributed by atoms with Gasteiger partial charge < -0.3 is 16.4 Å². The molecule has 190 valence electrons. The van der Waals surface area contributed by atoms with Gasteiger partial charge in [-0.1, -0.05) is 13.8 Å². The van der Waals surface area contributed by atoms with Gasteiger partial charge in [-0.3, -0.25) is 9.69 Å². The number of primary amides is 1. The number of amides is 1. The number of nitrogens with zero attached hydrogens (tertiary/aromatic N) is 4. The molecule has 2 aromatic rings. The molecule has 10 nitrogen and oxygen atoms in total. The fourth-order valence-electron chi connectivity index (χ4n) is 4.65. The average Bonchev–Trinajstić information content (AvgIpc) is 3.23. The van der Waals surface area contributed by atoms with Crippen molar-refractivity contribution < 1.29 is 13.2 Å². The number of benzene rings is 1. The number of sulfonamides is 1. The Morgan fingerprint density at radius 2 is 1.86 bits per heavy atom. The molecule has 4 rings (SSSR count). The Labute approximate surface area is 207 Å². The van der Waals surface area contributed by atoms with Crippen LogP contribution in [0.4, 0.5) is 11.5 Å². The summed E-state index contributed by atoms with van der Waals surface area (Å²) in [4.78, 5) is 14.2. The van der Waals surface area contributed by atoms with Crippen molar-refractivity contribution in [3.63, 3.8) is 0 Å². The van der Waals surface area contributed by atoms with E-state index in [9.17, 15) is 13.2 Å². The Morgan fingerprint density at radius 3 is 2.40 bits per heavy atom. The fraction of sp³-hybridized carbons (Fsp3) is 0.500. The third-order valence-corrected chi connectivity index (χ3v) is 8.73. The van der Waals surface area contributed by atoms with Gasteiger partial charge in [-0.15, -0.1) is 0 Å². The standard InChI is InChI=1S/C24H35N7O3S/c1-16(2)20-15-26-31-21(27-18-6-8-19(9-7-18)35(33,34)29(4)5)14-24(3,28-23(20)31)30-12-10-17(11-13-30)22(25)32/h6-9,14-17,27-28H,10-13H2,1-5H3,(H2,25,32).